The Morgan fingerprint density at radius 2 is 1.86 bits per heavy atom. The fraction of sp³-hybridized carbons (Fsp3) is 0.474. The van der Waals surface area contributed by atoms with Crippen LogP contribution in [-0.4, -0.2) is 13.1 Å². The second-order valence-electron chi connectivity index (χ2n) is 6.45. The number of rotatable bonds is 8. The van der Waals surface area contributed by atoms with Gasteiger partial charge in [0.2, 0.25) is 0 Å². The Morgan fingerprint density at radius 3 is 2.52 bits per heavy atom. The Labute approximate surface area is 133 Å². The van der Waals surface area contributed by atoms with Gasteiger partial charge in [-0.05, 0) is 72.6 Å². The van der Waals surface area contributed by atoms with E-state index in [0.29, 0.717) is 11.8 Å². The van der Waals surface area contributed by atoms with E-state index in [1.807, 2.05) is 0 Å². The van der Waals surface area contributed by atoms with Gasteiger partial charge in [0.15, 0.2) is 0 Å². The van der Waals surface area contributed by atoms with Crippen molar-refractivity contribution in [2.24, 2.45) is 11.8 Å². The van der Waals surface area contributed by atoms with Crippen LogP contribution in [0.2, 0.25) is 0 Å². The Kier molecular flexibility index (Phi) is 6.47. The molecular formula is C19H27NS. The van der Waals surface area contributed by atoms with Gasteiger partial charge in [-0.1, -0.05) is 43.7 Å². The van der Waals surface area contributed by atoms with Gasteiger partial charge in [0.25, 0.3) is 0 Å². The summed E-state index contributed by atoms with van der Waals surface area (Å²) in [6.45, 7) is 8.91. The highest BCUT2D eigenvalue weighted by Gasteiger charge is 2.11. The van der Waals surface area contributed by atoms with E-state index in [2.05, 4.69) is 67.2 Å². The van der Waals surface area contributed by atoms with Gasteiger partial charge in [0, 0.05) is 0 Å². The van der Waals surface area contributed by atoms with Crippen molar-refractivity contribution in [2.45, 2.75) is 33.6 Å². The number of nitrogens with one attached hydrogen (secondary N) is 1. The molecule has 0 bridgehead atoms. The van der Waals surface area contributed by atoms with Crippen LogP contribution in [0.25, 0.3) is 0 Å². The summed E-state index contributed by atoms with van der Waals surface area (Å²) in [6.07, 6.45) is 2.32. The van der Waals surface area contributed by atoms with E-state index in [1.54, 1.807) is 11.3 Å². The SMILES string of the molecule is Cc1cccc(CC(CNCC(C)C)Cc2ccsc2)c1. The first-order chi connectivity index (χ1) is 10.1. The molecule has 114 valence electrons. The molecule has 0 saturated carbocycles. The summed E-state index contributed by atoms with van der Waals surface area (Å²) in [7, 11) is 0. The fourth-order valence-corrected chi connectivity index (χ4v) is 3.39. The summed E-state index contributed by atoms with van der Waals surface area (Å²) in [6, 6.07) is 11.2. The van der Waals surface area contributed by atoms with Crippen molar-refractivity contribution in [1.82, 2.24) is 5.32 Å². The van der Waals surface area contributed by atoms with Crippen molar-refractivity contribution in [3.63, 3.8) is 0 Å². The lowest BCUT2D eigenvalue weighted by Gasteiger charge is -2.18. The van der Waals surface area contributed by atoms with Crippen molar-refractivity contribution in [1.29, 1.82) is 0 Å². The zero-order chi connectivity index (χ0) is 15.1. The second kappa shape index (κ2) is 8.35. The van der Waals surface area contributed by atoms with Gasteiger partial charge in [0.05, 0.1) is 0 Å². The second-order valence-corrected chi connectivity index (χ2v) is 7.23. The molecule has 1 nitrogen and oxygen atoms in total. The molecule has 21 heavy (non-hydrogen) atoms. The van der Waals surface area contributed by atoms with Gasteiger partial charge in [-0.2, -0.15) is 11.3 Å². The molecule has 1 atom stereocenters. The molecule has 0 saturated heterocycles. The summed E-state index contributed by atoms with van der Waals surface area (Å²) in [5.74, 6) is 1.38. The Bertz CT molecular complexity index is 516. The predicted octanol–water partition coefficient (Wildman–Crippen LogP) is 4.70. The Balaban J connectivity index is 1.96. The minimum absolute atomic E-state index is 0.667. The smallest absolute Gasteiger partial charge is 0.00140 e. The molecule has 2 heteroatoms. The molecule has 0 aliphatic rings. The summed E-state index contributed by atoms with van der Waals surface area (Å²) < 4.78 is 0. The largest absolute Gasteiger partial charge is 0.316 e. The molecule has 0 aliphatic heterocycles. The van der Waals surface area contributed by atoms with E-state index in [9.17, 15) is 0 Å². The third kappa shape index (κ3) is 6.03. The van der Waals surface area contributed by atoms with Crippen molar-refractivity contribution in [2.75, 3.05) is 13.1 Å². The maximum atomic E-state index is 3.64. The van der Waals surface area contributed by atoms with Crippen LogP contribution < -0.4 is 5.32 Å². The van der Waals surface area contributed by atoms with Gasteiger partial charge >= 0.3 is 0 Å². The van der Waals surface area contributed by atoms with E-state index in [0.717, 1.165) is 19.5 Å². The zero-order valence-corrected chi connectivity index (χ0v) is 14.2. The average Bonchev–Trinajstić information content (AvgIpc) is 2.91. The van der Waals surface area contributed by atoms with E-state index in [-0.39, 0.29) is 0 Å². The Hall–Kier alpha value is -1.12. The topological polar surface area (TPSA) is 12.0 Å². The molecule has 0 aliphatic carbocycles. The highest BCUT2D eigenvalue weighted by molar-refractivity contribution is 7.07. The van der Waals surface area contributed by atoms with Crippen molar-refractivity contribution >= 4 is 11.3 Å². The van der Waals surface area contributed by atoms with Crippen LogP contribution in [0.5, 0.6) is 0 Å². The summed E-state index contributed by atoms with van der Waals surface area (Å²) in [5, 5.41) is 8.10. The molecule has 0 fully saturated rings. The monoisotopic (exact) mass is 301 g/mol. The number of aryl methyl sites for hydroxylation is 1. The third-order valence-corrected chi connectivity index (χ3v) is 4.43. The van der Waals surface area contributed by atoms with Crippen molar-refractivity contribution in [3.05, 3.63) is 57.8 Å². The van der Waals surface area contributed by atoms with Gasteiger partial charge in [-0.3, -0.25) is 0 Å². The van der Waals surface area contributed by atoms with E-state index >= 15 is 0 Å². The lowest BCUT2D eigenvalue weighted by atomic mass is 9.93. The zero-order valence-electron chi connectivity index (χ0n) is 13.4. The van der Waals surface area contributed by atoms with Gasteiger partial charge < -0.3 is 5.32 Å². The van der Waals surface area contributed by atoms with Crippen LogP contribution >= 0.6 is 11.3 Å². The molecule has 0 amide bonds. The fourth-order valence-electron chi connectivity index (χ4n) is 2.71. The molecule has 0 radical (unpaired) electrons. The molecule has 0 spiro atoms. The van der Waals surface area contributed by atoms with Crippen LogP contribution in [0.4, 0.5) is 0 Å². The number of hydrogen-bond donors (Lipinski definition) is 1. The maximum absolute atomic E-state index is 3.64. The lowest BCUT2D eigenvalue weighted by molar-refractivity contribution is 0.445. The van der Waals surface area contributed by atoms with Gasteiger partial charge in [-0.25, -0.2) is 0 Å². The first-order valence-corrected chi connectivity index (χ1v) is 8.85. The molecule has 1 aromatic heterocycles. The van der Waals surface area contributed by atoms with Crippen LogP contribution in [0.3, 0.4) is 0 Å². The summed E-state index contributed by atoms with van der Waals surface area (Å²) in [4.78, 5) is 0. The summed E-state index contributed by atoms with van der Waals surface area (Å²) >= 11 is 1.80. The standard InChI is InChI=1S/C19H27NS/c1-15(2)12-20-13-19(11-18-7-8-21-14-18)10-17-6-4-5-16(3)9-17/h4-9,14-15,19-20H,10-13H2,1-3H3. The number of hydrogen-bond acceptors (Lipinski definition) is 2. The van der Waals surface area contributed by atoms with Gasteiger partial charge in [-0.15, -0.1) is 0 Å². The normalized spacial score (nSPS) is 12.8. The van der Waals surface area contributed by atoms with E-state index in [4.69, 9.17) is 0 Å². The first kappa shape index (κ1) is 16.3. The molecule has 1 aromatic carbocycles. The minimum atomic E-state index is 0.667. The molecule has 1 unspecified atom stereocenters. The number of thiophene rings is 1. The highest BCUT2D eigenvalue weighted by atomic mass is 32.1. The van der Waals surface area contributed by atoms with Crippen LogP contribution in [-0.2, 0) is 12.8 Å². The van der Waals surface area contributed by atoms with Crippen LogP contribution in [0, 0.1) is 18.8 Å². The predicted molar refractivity (Wildman–Crippen MR) is 94.1 cm³/mol. The van der Waals surface area contributed by atoms with Crippen molar-refractivity contribution in [3.8, 4) is 0 Å². The van der Waals surface area contributed by atoms with E-state index in [1.165, 1.54) is 23.1 Å². The maximum Gasteiger partial charge on any atom is -0.00140 e. The average molecular weight is 301 g/mol. The first-order valence-electron chi connectivity index (χ1n) is 7.91. The number of benzene rings is 1. The molecule has 2 rings (SSSR count). The van der Waals surface area contributed by atoms with E-state index < -0.39 is 0 Å². The minimum Gasteiger partial charge on any atom is -0.316 e. The summed E-state index contributed by atoms with van der Waals surface area (Å²) in [5.41, 5.74) is 4.29. The molecular weight excluding hydrogens is 274 g/mol. The third-order valence-electron chi connectivity index (χ3n) is 3.70. The van der Waals surface area contributed by atoms with Crippen LogP contribution in [0.1, 0.15) is 30.5 Å². The Morgan fingerprint density at radius 1 is 1.05 bits per heavy atom. The quantitative estimate of drug-likeness (QED) is 0.745. The lowest BCUT2D eigenvalue weighted by Crippen LogP contribution is -2.28. The van der Waals surface area contributed by atoms with Crippen LogP contribution in [0.15, 0.2) is 41.1 Å². The highest BCUT2D eigenvalue weighted by Crippen LogP contribution is 2.17. The molecule has 1 heterocycles. The van der Waals surface area contributed by atoms with Gasteiger partial charge in [0.1, 0.15) is 0 Å². The molecule has 1 N–H and O–H groups in total. The van der Waals surface area contributed by atoms with Crippen molar-refractivity contribution < 1.29 is 0 Å². The molecule has 2 aromatic rings.